The van der Waals surface area contributed by atoms with Crippen molar-refractivity contribution in [1.82, 2.24) is 35.0 Å². The Hall–Kier alpha value is -1.01. The molecule has 43 heavy (non-hydrogen) atoms. The highest BCUT2D eigenvalue weighted by Gasteiger charge is 2.52. The summed E-state index contributed by atoms with van der Waals surface area (Å²) in [6.45, 7) is 4.24. The van der Waals surface area contributed by atoms with E-state index in [9.17, 15) is 4.57 Å². The average molecular weight is 694 g/mol. The van der Waals surface area contributed by atoms with Crippen molar-refractivity contribution in [2.75, 3.05) is 18.9 Å². The van der Waals surface area contributed by atoms with E-state index in [2.05, 4.69) is 82.9 Å². The van der Waals surface area contributed by atoms with Gasteiger partial charge in [0.05, 0.1) is 38.0 Å². The fourth-order valence-corrected chi connectivity index (χ4v) is 9.99. The number of hydrogen-bond donors (Lipinski definition) is 7. The molecule has 240 valence electrons. The largest absolute Gasteiger partial charge is 0.408 e. The van der Waals surface area contributed by atoms with Crippen molar-refractivity contribution >= 4 is 75.6 Å². The highest BCUT2D eigenvalue weighted by Crippen LogP contribution is 2.54. The zero-order valence-corrected chi connectivity index (χ0v) is 29.3. The van der Waals surface area contributed by atoms with Gasteiger partial charge in [-0.3, -0.25) is 19.6 Å². The van der Waals surface area contributed by atoms with Gasteiger partial charge in [-0.15, -0.1) is 12.2 Å². The van der Waals surface area contributed by atoms with Gasteiger partial charge in [0.1, 0.15) is 36.7 Å². The normalized spacial score (nSPS) is 37.7. The molecule has 5 heterocycles. The van der Waals surface area contributed by atoms with Gasteiger partial charge >= 0.3 is 6.72 Å². The van der Waals surface area contributed by atoms with E-state index in [4.69, 9.17) is 46.3 Å². The Morgan fingerprint density at radius 3 is 2.63 bits per heavy atom. The summed E-state index contributed by atoms with van der Waals surface area (Å²) < 4.78 is 47.1. The van der Waals surface area contributed by atoms with E-state index in [1.54, 1.807) is 10.9 Å². The number of imidazole rings is 1. The third-order valence-electron chi connectivity index (χ3n) is 8.34. The second-order valence-corrected chi connectivity index (χ2v) is 24.2. The van der Waals surface area contributed by atoms with Crippen LogP contribution in [0.25, 0.3) is 11.2 Å². The van der Waals surface area contributed by atoms with Crippen LogP contribution in [0.1, 0.15) is 33.4 Å². The maximum Gasteiger partial charge on any atom is 0.323 e. The van der Waals surface area contributed by atoms with Gasteiger partial charge in [0.15, 0.2) is 26.0 Å². The van der Waals surface area contributed by atoms with Crippen molar-refractivity contribution in [3.63, 3.8) is 0 Å². The fourth-order valence-electron chi connectivity index (χ4n) is 5.08. The second-order valence-electron chi connectivity index (χ2n) is 12.4. The smallest absolute Gasteiger partial charge is 0.323 e. The van der Waals surface area contributed by atoms with Crippen molar-refractivity contribution in [3.05, 3.63) is 12.7 Å². The van der Waals surface area contributed by atoms with Crippen LogP contribution in [-0.4, -0.2) is 90.3 Å². The van der Waals surface area contributed by atoms with E-state index >= 15 is 0 Å². The number of aromatic nitrogens is 4. The molecule has 0 aliphatic carbocycles. The lowest BCUT2D eigenvalue weighted by molar-refractivity contribution is -0.0190. The molecule has 0 radical (unpaired) electrons. The van der Waals surface area contributed by atoms with Crippen LogP contribution in [0.3, 0.4) is 0 Å². The molecular formula is C23H41N9O6P2S2Si. The van der Waals surface area contributed by atoms with Crippen LogP contribution in [0, 0.1) is 5.41 Å². The first-order valence-corrected chi connectivity index (χ1v) is 22.5. The zero-order valence-electron chi connectivity index (χ0n) is 24.7. The number of thiol groups is 2. The molecule has 3 unspecified atom stereocenters. The number of ether oxygens (including phenoxy) is 2. The summed E-state index contributed by atoms with van der Waals surface area (Å²) in [5.74, 6) is 0.261. The molecule has 0 amide bonds. The van der Waals surface area contributed by atoms with E-state index in [-0.39, 0.29) is 24.1 Å². The van der Waals surface area contributed by atoms with E-state index in [1.807, 2.05) is 0 Å². The van der Waals surface area contributed by atoms with Gasteiger partial charge in [0.2, 0.25) is 0 Å². The lowest BCUT2D eigenvalue weighted by atomic mass is 10.1. The van der Waals surface area contributed by atoms with Gasteiger partial charge in [-0.1, -0.05) is 39.3 Å². The van der Waals surface area contributed by atoms with Gasteiger partial charge in [0, 0.05) is 12.5 Å². The third kappa shape index (κ3) is 7.21. The molecule has 0 bridgehead atoms. The van der Waals surface area contributed by atoms with Gasteiger partial charge in [0.25, 0.3) is 0 Å². The Kier molecular flexibility index (Phi) is 9.54. The van der Waals surface area contributed by atoms with Gasteiger partial charge in [-0.2, -0.15) is 0 Å². The molecule has 0 aromatic carbocycles. The molecule has 20 heteroatoms. The van der Waals surface area contributed by atoms with Crippen LogP contribution in [-0.2, 0) is 27.5 Å². The number of hydrogen-bond acceptors (Lipinski definition) is 13. The van der Waals surface area contributed by atoms with Crippen LogP contribution >= 0.6 is 37.7 Å². The zero-order chi connectivity index (χ0) is 31.4. The maximum absolute atomic E-state index is 13.6. The van der Waals surface area contributed by atoms with Crippen LogP contribution < -0.4 is 21.2 Å². The molecule has 3 aliphatic heterocycles. The molecule has 6 N–H and O–H groups in total. The highest BCUT2D eigenvalue weighted by atomic mass is 32.7. The number of nitrogen functional groups attached to an aromatic ring is 1. The first-order chi connectivity index (χ1) is 20.0. The van der Waals surface area contributed by atoms with Crippen molar-refractivity contribution in [3.8, 4) is 0 Å². The monoisotopic (exact) mass is 693 g/mol. The molecule has 2 aromatic rings. The maximum atomic E-state index is 13.6. The Bertz CT molecular complexity index is 1450. The first-order valence-electron chi connectivity index (χ1n) is 13.8. The van der Waals surface area contributed by atoms with Crippen LogP contribution in [0.2, 0.25) is 18.1 Å². The molecule has 0 saturated carbocycles. The van der Waals surface area contributed by atoms with Crippen molar-refractivity contribution in [2.45, 2.75) is 88.2 Å². The Balaban J connectivity index is 1.41. The number of fused-ring (bicyclic) bond motifs is 3. The molecular weight excluding hydrogens is 652 g/mol. The predicted molar refractivity (Wildman–Crippen MR) is 176 cm³/mol. The van der Waals surface area contributed by atoms with Gasteiger partial charge in [-0.05, 0) is 18.1 Å². The first kappa shape index (κ1) is 33.4. The number of nitrogens with zero attached hydrogens (tertiary/aromatic N) is 4. The van der Waals surface area contributed by atoms with Crippen molar-refractivity contribution in [1.29, 1.82) is 5.41 Å². The van der Waals surface area contributed by atoms with E-state index < -0.39 is 64.4 Å². The minimum atomic E-state index is -3.66. The number of nitrogens with two attached hydrogens (primary N) is 1. The highest BCUT2D eigenvalue weighted by molar-refractivity contribution is 8.49. The molecule has 15 nitrogen and oxygen atoms in total. The summed E-state index contributed by atoms with van der Waals surface area (Å²) in [6, 6.07) is -0.988. The molecule has 9 atom stereocenters. The molecule has 3 saturated heterocycles. The molecule has 0 spiro atoms. The Morgan fingerprint density at radius 1 is 1.21 bits per heavy atom. The lowest BCUT2D eigenvalue weighted by Crippen LogP contribution is -2.55. The van der Waals surface area contributed by atoms with E-state index in [0.717, 1.165) is 6.34 Å². The summed E-state index contributed by atoms with van der Waals surface area (Å²) in [7, 11) is -2.31. The molecule has 3 aliphatic rings. The van der Waals surface area contributed by atoms with Crippen molar-refractivity contribution < 1.29 is 27.5 Å². The fraction of sp³-hybridized carbons (Fsp3) is 0.696. The number of anilines is 1. The Morgan fingerprint density at radius 2 is 1.93 bits per heavy atom. The van der Waals surface area contributed by atoms with Crippen LogP contribution in [0.4, 0.5) is 5.82 Å². The van der Waals surface area contributed by atoms with Crippen LogP contribution in [0.15, 0.2) is 12.7 Å². The minimum absolute atomic E-state index is 0.0770. The van der Waals surface area contributed by atoms with Gasteiger partial charge < -0.3 is 34.0 Å². The van der Waals surface area contributed by atoms with E-state index in [0.29, 0.717) is 17.6 Å². The summed E-state index contributed by atoms with van der Waals surface area (Å²) in [4.78, 5) is 12.7. The SMILES string of the molecule is C=P1(S)N[C@H]2C(O[Si](C)(C)C(C)(C)C)[C@H](NC=N)O[C@@H]2COP(=O)(S)N[C@H]2C[C@H](n3cnc4c(N)ncnc43)O[C@@H]2CO1. The standard InChI is InChI=1S/C23H41N9O6P2S2Si/c1-23(2,3)43(5,6)38-19-17-15(37-22(19)26-10-24)9-35-40(33,42)30-13-7-16(36-14(13)8-34-39(4,41)31-17)32-12-29-18-20(25)27-11-28-21(18)32/h10-17,19,22,31,41H,4,7-9H2,1-3,5-6H3,(H2,24,26)(H2,25,27,28)(H2,30,33,42)/t13-,14+,15+,16+,17+,19?,22+,39?,40?/m0/s1. The third-order valence-corrected chi connectivity index (χ3v) is 16.6. The topological polar surface area (TPSA) is 193 Å². The summed E-state index contributed by atoms with van der Waals surface area (Å²) in [5, 5.41) is 17.0. The number of rotatable bonds is 5. The second kappa shape index (κ2) is 12.3. The van der Waals surface area contributed by atoms with Crippen molar-refractivity contribution in [2.24, 2.45) is 0 Å². The summed E-state index contributed by atoms with van der Waals surface area (Å²) >= 11 is 9.22. The van der Waals surface area contributed by atoms with E-state index in [1.165, 1.54) is 6.33 Å². The summed E-state index contributed by atoms with van der Waals surface area (Å²) in [5.41, 5.74) is 6.95. The minimum Gasteiger partial charge on any atom is -0.408 e. The molecule has 5 rings (SSSR count). The quantitative estimate of drug-likeness (QED) is 0.0795. The number of nitrogens with one attached hydrogen (secondary N) is 4. The van der Waals surface area contributed by atoms with Gasteiger partial charge in [-0.25, -0.2) is 20.0 Å². The average Bonchev–Trinajstić information content (AvgIpc) is 3.57. The molecule has 2 aromatic heterocycles. The molecule has 3 fully saturated rings. The summed E-state index contributed by atoms with van der Waals surface area (Å²) in [6.07, 6.45) is 5.73. The lowest BCUT2D eigenvalue weighted by Gasteiger charge is -2.41. The predicted octanol–water partition coefficient (Wildman–Crippen LogP) is 3.13. The Labute approximate surface area is 262 Å². The van der Waals surface area contributed by atoms with Crippen LogP contribution in [0.5, 0.6) is 0 Å².